The molecule has 4 atom stereocenters. The molecule has 4 unspecified atom stereocenters. The molecule has 1 aliphatic rings. The summed E-state index contributed by atoms with van der Waals surface area (Å²) in [6.45, 7) is 1.11. The van der Waals surface area contributed by atoms with Gasteiger partial charge in [-0.05, 0) is 31.2 Å². The number of hydrogen-bond donors (Lipinski definition) is 3. The summed E-state index contributed by atoms with van der Waals surface area (Å²) in [6, 6.07) is 4.96. The van der Waals surface area contributed by atoms with E-state index < -0.39 is 46.0 Å². The molecule has 25 heavy (non-hydrogen) atoms. The first kappa shape index (κ1) is 19.9. The van der Waals surface area contributed by atoms with Gasteiger partial charge in [-0.3, -0.25) is 0 Å². The van der Waals surface area contributed by atoms with Gasteiger partial charge in [0.15, 0.2) is 9.84 Å². The Kier molecular flexibility index (Phi) is 6.64. The smallest absolute Gasteiger partial charge is 0.407 e. The normalized spacial score (nSPS) is 24.7. The van der Waals surface area contributed by atoms with E-state index in [-0.39, 0.29) is 18.1 Å². The van der Waals surface area contributed by atoms with Gasteiger partial charge in [-0.25, -0.2) is 13.2 Å². The predicted molar refractivity (Wildman–Crippen MR) is 89.2 cm³/mol. The maximum Gasteiger partial charge on any atom is 0.407 e. The molecular formula is C15H20ClNO7S. The van der Waals surface area contributed by atoms with E-state index in [1.165, 1.54) is 31.2 Å². The zero-order valence-electron chi connectivity index (χ0n) is 13.5. The summed E-state index contributed by atoms with van der Waals surface area (Å²) in [4.78, 5) is 11.9. The Morgan fingerprint density at radius 2 is 2.08 bits per heavy atom. The number of rotatable bonds is 6. The average molecular weight is 394 g/mol. The Morgan fingerprint density at radius 1 is 1.44 bits per heavy atom. The van der Waals surface area contributed by atoms with Crippen molar-refractivity contribution in [2.75, 3.05) is 19.0 Å². The Morgan fingerprint density at radius 3 is 2.64 bits per heavy atom. The molecule has 0 radical (unpaired) electrons. The minimum Gasteiger partial charge on any atom is -0.445 e. The van der Waals surface area contributed by atoms with Crippen molar-refractivity contribution in [3.05, 3.63) is 29.3 Å². The van der Waals surface area contributed by atoms with Crippen LogP contribution in [0, 0.1) is 0 Å². The van der Waals surface area contributed by atoms with Crippen molar-refractivity contribution in [2.24, 2.45) is 0 Å². The van der Waals surface area contributed by atoms with Crippen LogP contribution in [0.5, 0.6) is 0 Å². The highest BCUT2D eigenvalue weighted by Crippen LogP contribution is 2.17. The number of hydrogen-bond acceptors (Lipinski definition) is 7. The summed E-state index contributed by atoms with van der Waals surface area (Å²) in [5.74, 6) is -0.398. The van der Waals surface area contributed by atoms with Gasteiger partial charge in [0.1, 0.15) is 18.3 Å². The van der Waals surface area contributed by atoms with Crippen LogP contribution in [0.2, 0.25) is 5.02 Å². The quantitative estimate of drug-likeness (QED) is 0.637. The Bertz CT molecular complexity index is 694. The molecule has 140 valence electrons. The third kappa shape index (κ3) is 5.29. The van der Waals surface area contributed by atoms with Crippen LogP contribution in [0.3, 0.4) is 0 Å². The summed E-state index contributed by atoms with van der Waals surface area (Å²) < 4.78 is 34.7. The van der Waals surface area contributed by atoms with Gasteiger partial charge in [0.2, 0.25) is 0 Å². The zero-order chi connectivity index (χ0) is 18.6. The molecule has 0 saturated carbocycles. The lowest BCUT2D eigenvalue weighted by molar-refractivity contribution is 0.00261. The second kappa shape index (κ2) is 8.33. The number of carbonyl (C=O) groups excluding carboxylic acids is 1. The van der Waals surface area contributed by atoms with Crippen molar-refractivity contribution in [1.82, 2.24) is 5.32 Å². The average Bonchev–Trinajstić information content (AvgIpc) is 2.87. The number of aliphatic hydroxyl groups excluding tert-OH is 2. The number of ether oxygens (including phenoxy) is 2. The molecule has 1 aliphatic heterocycles. The van der Waals surface area contributed by atoms with Crippen LogP contribution < -0.4 is 5.32 Å². The number of carbonyl (C=O) groups is 1. The second-order valence-electron chi connectivity index (χ2n) is 5.75. The molecule has 1 fully saturated rings. The molecule has 1 heterocycles. The minimum atomic E-state index is -3.64. The summed E-state index contributed by atoms with van der Waals surface area (Å²) in [7, 11) is -3.64. The van der Waals surface area contributed by atoms with E-state index in [4.69, 9.17) is 26.2 Å². The SMILES string of the molecule is CC(CS(=O)(=O)c1ccc(Cl)cc1)OC(=O)NC1COC(CO)C1O. The van der Waals surface area contributed by atoms with Crippen LogP contribution >= 0.6 is 11.6 Å². The highest BCUT2D eigenvalue weighted by atomic mass is 35.5. The largest absolute Gasteiger partial charge is 0.445 e. The van der Waals surface area contributed by atoms with E-state index in [1.54, 1.807) is 0 Å². The third-order valence-corrected chi connectivity index (χ3v) is 5.85. The number of amides is 1. The number of aliphatic hydroxyl groups is 2. The molecule has 1 saturated heterocycles. The molecule has 10 heteroatoms. The number of alkyl carbamates (subject to hydrolysis) is 1. The lowest BCUT2D eigenvalue weighted by Gasteiger charge is -2.19. The van der Waals surface area contributed by atoms with E-state index in [9.17, 15) is 18.3 Å². The molecule has 0 aromatic heterocycles. The zero-order valence-corrected chi connectivity index (χ0v) is 15.0. The van der Waals surface area contributed by atoms with Crippen LogP contribution in [0.4, 0.5) is 4.79 Å². The minimum absolute atomic E-state index is 0.0267. The van der Waals surface area contributed by atoms with Crippen LogP contribution in [-0.2, 0) is 19.3 Å². The van der Waals surface area contributed by atoms with Gasteiger partial charge >= 0.3 is 6.09 Å². The molecule has 0 spiro atoms. The first-order valence-electron chi connectivity index (χ1n) is 7.59. The summed E-state index contributed by atoms with van der Waals surface area (Å²) in [5, 5.41) is 21.6. The lowest BCUT2D eigenvalue weighted by atomic mass is 10.1. The highest BCUT2D eigenvalue weighted by molar-refractivity contribution is 7.91. The Hall–Kier alpha value is -1.39. The van der Waals surface area contributed by atoms with Crippen molar-refractivity contribution in [3.63, 3.8) is 0 Å². The number of nitrogens with one attached hydrogen (secondary N) is 1. The van der Waals surface area contributed by atoms with Crippen LogP contribution in [-0.4, -0.2) is 68.0 Å². The molecule has 1 aromatic rings. The fraction of sp³-hybridized carbons (Fsp3) is 0.533. The molecule has 8 nitrogen and oxygen atoms in total. The topological polar surface area (TPSA) is 122 Å². The van der Waals surface area contributed by atoms with Crippen molar-refractivity contribution < 1.29 is 32.9 Å². The van der Waals surface area contributed by atoms with Gasteiger partial charge in [-0.1, -0.05) is 11.6 Å². The van der Waals surface area contributed by atoms with Gasteiger partial charge < -0.3 is 25.0 Å². The molecule has 2 rings (SSSR count). The van der Waals surface area contributed by atoms with Crippen LogP contribution in [0.15, 0.2) is 29.2 Å². The Labute approximate surface area is 150 Å². The fourth-order valence-electron chi connectivity index (χ4n) is 2.42. The molecule has 0 bridgehead atoms. The lowest BCUT2D eigenvalue weighted by Crippen LogP contribution is -2.46. The first-order valence-corrected chi connectivity index (χ1v) is 9.62. The molecule has 1 aromatic carbocycles. The van der Waals surface area contributed by atoms with E-state index in [0.717, 1.165) is 0 Å². The summed E-state index contributed by atoms with van der Waals surface area (Å²) in [5.41, 5.74) is 0. The summed E-state index contributed by atoms with van der Waals surface area (Å²) in [6.07, 6.45) is -3.61. The first-order chi connectivity index (χ1) is 11.7. The van der Waals surface area contributed by atoms with Crippen molar-refractivity contribution >= 4 is 27.5 Å². The Balaban J connectivity index is 1.88. The maximum atomic E-state index is 12.3. The van der Waals surface area contributed by atoms with Gasteiger partial charge in [-0.2, -0.15) is 0 Å². The van der Waals surface area contributed by atoms with Crippen molar-refractivity contribution in [1.29, 1.82) is 0 Å². The highest BCUT2D eigenvalue weighted by Gasteiger charge is 2.37. The van der Waals surface area contributed by atoms with Crippen LogP contribution in [0.1, 0.15) is 6.92 Å². The fourth-order valence-corrected chi connectivity index (χ4v) is 3.98. The number of sulfone groups is 1. The maximum absolute atomic E-state index is 12.3. The van der Waals surface area contributed by atoms with Crippen molar-refractivity contribution in [2.45, 2.75) is 36.2 Å². The van der Waals surface area contributed by atoms with E-state index in [1.807, 2.05) is 0 Å². The summed E-state index contributed by atoms with van der Waals surface area (Å²) >= 11 is 5.73. The number of benzene rings is 1. The third-order valence-electron chi connectivity index (χ3n) is 3.70. The molecule has 1 amide bonds. The van der Waals surface area contributed by atoms with Crippen molar-refractivity contribution in [3.8, 4) is 0 Å². The van der Waals surface area contributed by atoms with Gasteiger partial charge in [0.05, 0.1) is 29.9 Å². The van der Waals surface area contributed by atoms with E-state index in [0.29, 0.717) is 5.02 Å². The standard InChI is InChI=1S/C15H20ClNO7S/c1-9(8-25(21,22)11-4-2-10(16)3-5-11)24-15(20)17-12-7-23-13(6-18)14(12)19/h2-5,9,12-14,18-19H,6-8H2,1H3,(H,17,20). The van der Waals surface area contributed by atoms with Gasteiger partial charge in [0.25, 0.3) is 0 Å². The van der Waals surface area contributed by atoms with Gasteiger partial charge in [0, 0.05) is 5.02 Å². The molecule has 3 N–H and O–H groups in total. The van der Waals surface area contributed by atoms with Gasteiger partial charge in [-0.15, -0.1) is 0 Å². The van der Waals surface area contributed by atoms with Crippen LogP contribution in [0.25, 0.3) is 0 Å². The number of halogens is 1. The molecular weight excluding hydrogens is 374 g/mol. The second-order valence-corrected chi connectivity index (χ2v) is 8.22. The predicted octanol–water partition coefficient (Wildman–Crippen LogP) is 0.349. The van der Waals surface area contributed by atoms with E-state index in [2.05, 4.69) is 5.32 Å². The monoisotopic (exact) mass is 393 g/mol. The van der Waals surface area contributed by atoms with E-state index >= 15 is 0 Å². The molecule has 0 aliphatic carbocycles.